The maximum atomic E-state index is 12.4. The zero-order valence-electron chi connectivity index (χ0n) is 16.1. The van der Waals surface area contributed by atoms with E-state index in [2.05, 4.69) is 5.32 Å². The van der Waals surface area contributed by atoms with Gasteiger partial charge in [0.15, 0.2) is 0 Å². The lowest BCUT2D eigenvalue weighted by molar-refractivity contribution is -0.119. The molecule has 2 aromatic carbocycles. The summed E-state index contributed by atoms with van der Waals surface area (Å²) in [5.41, 5.74) is 0.698. The molecule has 0 aliphatic carbocycles. The van der Waals surface area contributed by atoms with Gasteiger partial charge in [-0.15, -0.1) is 11.8 Å². The van der Waals surface area contributed by atoms with Crippen LogP contribution in [-0.2, 0) is 15.1 Å². The summed E-state index contributed by atoms with van der Waals surface area (Å²) in [5.74, 6) is -0.164. The normalized spacial score (nSPS) is 17.4. The van der Waals surface area contributed by atoms with Crippen LogP contribution in [0.1, 0.15) is 24.0 Å². The molecule has 1 aliphatic heterocycles. The van der Waals surface area contributed by atoms with E-state index < -0.39 is 5.60 Å². The van der Waals surface area contributed by atoms with E-state index in [1.165, 1.54) is 11.0 Å². The molecular weight excluding hydrogens is 370 g/mol. The third kappa shape index (κ3) is 5.25. The number of thioether (sulfide) groups is 1. The molecule has 3 rings (SSSR count). The Morgan fingerprint density at radius 1 is 1.18 bits per heavy atom. The Bertz CT molecular complexity index is 785. The number of amides is 1. The third-order valence-electron chi connectivity index (χ3n) is 5.25. The summed E-state index contributed by atoms with van der Waals surface area (Å²) in [6.07, 6.45) is 6.89. The SMILES string of the molecule is CSc1ccc(/C=C/C(=O)NCC(O)(c2ccccc2)C2CCOCC2)cc1. The van der Waals surface area contributed by atoms with Crippen molar-refractivity contribution in [1.29, 1.82) is 0 Å². The number of rotatable bonds is 7. The van der Waals surface area contributed by atoms with E-state index in [0.29, 0.717) is 13.2 Å². The Hall–Kier alpha value is -2.08. The second kappa shape index (κ2) is 9.92. The molecule has 2 aromatic rings. The average Bonchev–Trinajstić information content (AvgIpc) is 2.77. The predicted molar refractivity (Wildman–Crippen MR) is 114 cm³/mol. The van der Waals surface area contributed by atoms with Gasteiger partial charge in [-0.3, -0.25) is 4.79 Å². The molecule has 0 aromatic heterocycles. The lowest BCUT2D eigenvalue weighted by Gasteiger charge is -2.39. The summed E-state index contributed by atoms with van der Waals surface area (Å²) in [4.78, 5) is 13.5. The Labute approximate surface area is 171 Å². The van der Waals surface area contributed by atoms with E-state index in [0.717, 1.165) is 24.0 Å². The minimum Gasteiger partial charge on any atom is -0.383 e. The number of benzene rings is 2. The first-order valence-corrected chi connectivity index (χ1v) is 10.8. The fraction of sp³-hybridized carbons (Fsp3) is 0.348. The summed E-state index contributed by atoms with van der Waals surface area (Å²) in [5, 5.41) is 14.4. The molecule has 1 aliphatic rings. The first-order valence-electron chi connectivity index (χ1n) is 9.57. The minimum atomic E-state index is -1.10. The highest BCUT2D eigenvalue weighted by Crippen LogP contribution is 2.35. The molecule has 1 heterocycles. The van der Waals surface area contributed by atoms with Gasteiger partial charge in [-0.1, -0.05) is 42.5 Å². The molecule has 28 heavy (non-hydrogen) atoms. The number of nitrogens with one attached hydrogen (secondary N) is 1. The van der Waals surface area contributed by atoms with Crippen LogP contribution >= 0.6 is 11.8 Å². The lowest BCUT2D eigenvalue weighted by atomic mass is 9.77. The zero-order valence-corrected chi connectivity index (χ0v) is 17.0. The van der Waals surface area contributed by atoms with Crippen LogP contribution in [0, 0.1) is 5.92 Å². The lowest BCUT2D eigenvalue weighted by Crippen LogP contribution is -2.47. The highest BCUT2D eigenvalue weighted by molar-refractivity contribution is 7.98. The van der Waals surface area contributed by atoms with E-state index in [-0.39, 0.29) is 18.4 Å². The fourth-order valence-electron chi connectivity index (χ4n) is 3.55. The molecule has 1 atom stereocenters. The Morgan fingerprint density at radius 2 is 1.86 bits per heavy atom. The van der Waals surface area contributed by atoms with Gasteiger partial charge in [0.1, 0.15) is 5.60 Å². The molecule has 1 unspecified atom stereocenters. The van der Waals surface area contributed by atoms with Crippen molar-refractivity contribution in [1.82, 2.24) is 5.32 Å². The van der Waals surface area contributed by atoms with Crippen LogP contribution in [0.25, 0.3) is 6.08 Å². The van der Waals surface area contributed by atoms with Gasteiger partial charge < -0.3 is 15.2 Å². The van der Waals surface area contributed by atoms with Crippen molar-refractivity contribution < 1.29 is 14.6 Å². The summed E-state index contributed by atoms with van der Waals surface area (Å²) in [6.45, 7) is 1.45. The van der Waals surface area contributed by atoms with Crippen molar-refractivity contribution in [3.63, 3.8) is 0 Å². The molecule has 2 N–H and O–H groups in total. The first kappa shape index (κ1) is 20.6. The number of carbonyl (C=O) groups is 1. The van der Waals surface area contributed by atoms with Crippen LogP contribution in [0.5, 0.6) is 0 Å². The molecule has 148 valence electrons. The Balaban J connectivity index is 1.67. The number of hydrogen-bond donors (Lipinski definition) is 2. The van der Waals surface area contributed by atoms with Crippen LogP contribution in [0.3, 0.4) is 0 Å². The predicted octanol–water partition coefficient (Wildman–Crippen LogP) is 3.85. The molecule has 1 amide bonds. The van der Waals surface area contributed by atoms with Crippen molar-refractivity contribution >= 4 is 23.7 Å². The first-order chi connectivity index (χ1) is 13.6. The van der Waals surface area contributed by atoms with Crippen molar-refractivity contribution in [2.24, 2.45) is 5.92 Å². The molecule has 0 spiro atoms. The highest BCUT2D eigenvalue weighted by Gasteiger charge is 2.39. The van der Waals surface area contributed by atoms with E-state index >= 15 is 0 Å². The van der Waals surface area contributed by atoms with E-state index in [4.69, 9.17) is 4.74 Å². The van der Waals surface area contributed by atoms with Gasteiger partial charge >= 0.3 is 0 Å². The smallest absolute Gasteiger partial charge is 0.244 e. The van der Waals surface area contributed by atoms with Gasteiger partial charge in [-0.25, -0.2) is 0 Å². The maximum Gasteiger partial charge on any atom is 0.244 e. The average molecular weight is 398 g/mol. The third-order valence-corrected chi connectivity index (χ3v) is 5.99. The fourth-order valence-corrected chi connectivity index (χ4v) is 3.96. The van der Waals surface area contributed by atoms with Crippen LogP contribution in [0.4, 0.5) is 0 Å². The molecule has 1 saturated heterocycles. The Morgan fingerprint density at radius 3 is 2.50 bits per heavy atom. The van der Waals surface area contributed by atoms with Crippen LogP contribution in [0.2, 0.25) is 0 Å². The van der Waals surface area contributed by atoms with Crippen molar-refractivity contribution in [2.45, 2.75) is 23.3 Å². The summed E-state index contributed by atoms with van der Waals surface area (Å²) in [7, 11) is 0. The van der Waals surface area contributed by atoms with Crippen molar-refractivity contribution in [3.05, 3.63) is 71.8 Å². The standard InChI is InChI=1S/C23H27NO3S/c1-28-21-10-7-18(8-11-21)9-12-22(25)24-17-23(26,19-5-3-2-4-6-19)20-13-15-27-16-14-20/h2-12,20,26H,13-17H2,1H3,(H,24,25)/b12-9+. The quantitative estimate of drug-likeness (QED) is 0.550. The van der Waals surface area contributed by atoms with Gasteiger partial charge in [0, 0.05) is 24.2 Å². The zero-order chi connectivity index (χ0) is 19.8. The van der Waals surface area contributed by atoms with Gasteiger partial charge in [-0.05, 0) is 54.4 Å². The summed E-state index contributed by atoms with van der Waals surface area (Å²) < 4.78 is 5.45. The minimum absolute atomic E-state index is 0.0482. The number of carbonyl (C=O) groups excluding carboxylic acids is 1. The summed E-state index contributed by atoms with van der Waals surface area (Å²) >= 11 is 1.68. The molecule has 0 bridgehead atoms. The van der Waals surface area contributed by atoms with Crippen molar-refractivity contribution in [3.8, 4) is 0 Å². The summed E-state index contributed by atoms with van der Waals surface area (Å²) in [6, 6.07) is 17.6. The van der Waals surface area contributed by atoms with Crippen LogP contribution in [-0.4, -0.2) is 37.0 Å². The second-order valence-electron chi connectivity index (χ2n) is 7.00. The van der Waals surface area contributed by atoms with Crippen LogP contribution < -0.4 is 5.32 Å². The molecule has 1 fully saturated rings. The number of hydrogen-bond acceptors (Lipinski definition) is 4. The monoisotopic (exact) mass is 397 g/mol. The second-order valence-corrected chi connectivity index (χ2v) is 7.88. The van der Waals surface area contributed by atoms with Gasteiger partial charge in [0.05, 0.1) is 6.54 Å². The van der Waals surface area contributed by atoms with Crippen molar-refractivity contribution in [2.75, 3.05) is 26.0 Å². The number of aliphatic hydroxyl groups is 1. The van der Waals surface area contributed by atoms with Gasteiger partial charge in [0.25, 0.3) is 0 Å². The molecule has 5 heteroatoms. The molecular formula is C23H27NO3S. The molecule has 4 nitrogen and oxygen atoms in total. The Kier molecular flexibility index (Phi) is 7.31. The van der Waals surface area contributed by atoms with E-state index in [9.17, 15) is 9.90 Å². The largest absolute Gasteiger partial charge is 0.383 e. The van der Waals surface area contributed by atoms with Crippen LogP contribution in [0.15, 0.2) is 65.6 Å². The topological polar surface area (TPSA) is 58.6 Å². The number of ether oxygens (including phenoxy) is 1. The van der Waals surface area contributed by atoms with Gasteiger partial charge in [-0.2, -0.15) is 0 Å². The van der Waals surface area contributed by atoms with E-state index in [1.54, 1.807) is 17.8 Å². The van der Waals surface area contributed by atoms with E-state index in [1.807, 2.05) is 60.9 Å². The molecule has 0 radical (unpaired) electrons. The highest BCUT2D eigenvalue weighted by atomic mass is 32.2. The van der Waals surface area contributed by atoms with Gasteiger partial charge in [0.2, 0.25) is 5.91 Å². The maximum absolute atomic E-state index is 12.4. The molecule has 0 saturated carbocycles.